The van der Waals surface area contributed by atoms with Gasteiger partial charge in [0.15, 0.2) is 0 Å². The van der Waals surface area contributed by atoms with E-state index in [9.17, 15) is 4.79 Å². The smallest absolute Gasteiger partial charge is 0.123 e. The van der Waals surface area contributed by atoms with Crippen molar-refractivity contribution in [2.75, 3.05) is 0 Å². The van der Waals surface area contributed by atoms with Gasteiger partial charge in [0.05, 0.1) is 11.7 Å². The molecule has 1 aliphatic heterocycles. The molecule has 0 radical (unpaired) electrons. The number of carbonyl (C=O) groups excluding carboxylic acids is 1. The van der Waals surface area contributed by atoms with Gasteiger partial charge in [-0.05, 0) is 95.5 Å². The van der Waals surface area contributed by atoms with Crippen LogP contribution in [0.5, 0.6) is 0 Å². The van der Waals surface area contributed by atoms with Crippen LogP contribution in [0, 0.1) is 17.8 Å². The third kappa shape index (κ3) is 7.86. The van der Waals surface area contributed by atoms with Crippen LogP contribution >= 0.6 is 0 Å². The molecule has 2 heteroatoms. The van der Waals surface area contributed by atoms with Gasteiger partial charge in [0, 0.05) is 5.57 Å². The fraction of sp³-hybridized carbons (Fsp3) is 0.786. The Hall–Kier alpha value is -1.11. The molecule has 0 bridgehead atoms. The number of hydrogen-bond acceptors (Lipinski definition) is 2. The van der Waals surface area contributed by atoms with E-state index in [1.807, 2.05) is 12.9 Å². The Morgan fingerprint density at radius 1 is 1.27 bits per heavy atom. The standard InChI is InChI=1S/C28H46O2/c1-21(12-8-13-23(3)20-29)10-7-11-22(2)14-9-18-28(6)19-17-26-16-15-24(4)25(5)27(26)30-28/h12,16,22,24-25,27H,7-11,13-15,17-19H2,1-6H3. The van der Waals surface area contributed by atoms with Gasteiger partial charge in [-0.2, -0.15) is 0 Å². The second-order valence-electron chi connectivity index (χ2n) is 10.7. The molecule has 5 atom stereocenters. The van der Waals surface area contributed by atoms with Crippen LogP contribution in [0.25, 0.3) is 0 Å². The van der Waals surface area contributed by atoms with Crippen molar-refractivity contribution in [3.63, 3.8) is 0 Å². The number of rotatable bonds is 11. The topological polar surface area (TPSA) is 26.3 Å². The molecule has 30 heavy (non-hydrogen) atoms. The quantitative estimate of drug-likeness (QED) is 0.253. The first-order valence-electron chi connectivity index (χ1n) is 12.5. The first-order valence-corrected chi connectivity index (χ1v) is 12.5. The summed E-state index contributed by atoms with van der Waals surface area (Å²) >= 11 is 0. The number of allylic oxidation sites excluding steroid dienone is 4. The van der Waals surface area contributed by atoms with Gasteiger partial charge in [0.25, 0.3) is 0 Å². The molecule has 0 amide bonds. The summed E-state index contributed by atoms with van der Waals surface area (Å²) in [7, 11) is 0. The van der Waals surface area contributed by atoms with Crippen molar-refractivity contribution in [2.45, 2.75) is 124 Å². The lowest BCUT2D eigenvalue weighted by molar-refractivity contribution is -0.125. The van der Waals surface area contributed by atoms with Gasteiger partial charge < -0.3 is 4.74 Å². The molecule has 1 heterocycles. The minimum Gasteiger partial charge on any atom is -0.367 e. The van der Waals surface area contributed by atoms with E-state index in [0.29, 0.717) is 12.0 Å². The number of ether oxygens (including phenoxy) is 1. The zero-order chi connectivity index (χ0) is 22.1. The van der Waals surface area contributed by atoms with Crippen molar-refractivity contribution >= 4 is 5.94 Å². The lowest BCUT2D eigenvalue weighted by atomic mass is 9.74. The van der Waals surface area contributed by atoms with Gasteiger partial charge >= 0.3 is 0 Å². The van der Waals surface area contributed by atoms with Crippen molar-refractivity contribution in [1.29, 1.82) is 0 Å². The van der Waals surface area contributed by atoms with Gasteiger partial charge in [-0.3, -0.25) is 0 Å². The highest BCUT2D eigenvalue weighted by Crippen LogP contribution is 2.43. The van der Waals surface area contributed by atoms with Crippen molar-refractivity contribution in [3.8, 4) is 0 Å². The van der Waals surface area contributed by atoms with E-state index in [4.69, 9.17) is 4.74 Å². The largest absolute Gasteiger partial charge is 0.367 e. The van der Waals surface area contributed by atoms with Crippen molar-refractivity contribution < 1.29 is 9.53 Å². The Bertz CT molecular complexity index is 652. The first-order chi connectivity index (χ1) is 14.2. The highest BCUT2D eigenvalue weighted by molar-refractivity contribution is 5.51. The first kappa shape index (κ1) is 25.2. The molecule has 1 aliphatic carbocycles. The fourth-order valence-corrected chi connectivity index (χ4v) is 5.08. The maximum Gasteiger partial charge on any atom is 0.123 e. The van der Waals surface area contributed by atoms with Crippen LogP contribution in [-0.2, 0) is 9.53 Å². The molecular formula is C28H46O2. The number of fused-ring (bicyclic) bond motifs is 1. The summed E-state index contributed by atoms with van der Waals surface area (Å²) in [6.45, 7) is 13.6. The maximum absolute atomic E-state index is 10.5. The van der Waals surface area contributed by atoms with E-state index in [0.717, 1.165) is 30.3 Å². The second kappa shape index (κ2) is 12.1. The van der Waals surface area contributed by atoms with E-state index in [1.165, 1.54) is 63.4 Å². The summed E-state index contributed by atoms with van der Waals surface area (Å²) in [4.78, 5) is 10.5. The zero-order valence-corrected chi connectivity index (χ0v) is 20.6. The second-order valence-corrected chi connectivity index (χ2v) is 10.7. The SMILES string of the molecule is CC(=C=O)CCC=C(C)CCCC(C)CCCC1(C)CCC2=CCC(C)C(C)C2O1. The normalized spacial score (nSPS) is 30.3. The van der Waals surface area contributed by atoms with E-state index < -0.39 is 0 Å². The predicted molar refractivity (Wildman–Crippen MR) is 128 cm³/mol. The highest BCUT2D eigenvalue weighted by atomic mass is 16.5. The number of hydrogen-bond donors (Lipinski definition) is 0. The van der Waals surface area contributed by atoms with Crippen LogP contribution in [0.4, 0.5) is 0 Å². The maximum atomic E-state index is 10.5. The Morgan fingerprint density at radius 2 is 2.00 bits per heavy atom. The summed E-state index contributed by atoms with van der Waals surface area (Å²) in [5.74, 6) is 4.16. The minimum atomic E-state index is 0.0699. The lowest BCUT2D eigenvalue weighted by Gasteiger charge is -2.46. The third-order valence-electron chi connectivity index (χ3n) is 7.70. The van der Waals surface area contributed by atoms with Crippen LogP contribution in [0.15, 0.2) is 28.9 Å². The summed E-state index contributed by atoms with van der Waals surface area (Å²) < 4.78 is 6.72. The zero-order valence-electron chi connectivity index (χ0n) is 20.6. The molecule has 0 saturated carbocycles. The Kier molecular flexibility index (Phi) is 10.1. The van der Waals surface area contributed by atoms with E-state index >= 15 is 0 Å². The van der Waals surface area contributed by atoms with Crippen molar-refractivity contribution in [3.05, 3.63) is 28.9 Å². The average Bonchev–Trinajstić information content (AvgIpc) is 2.71. The summed E-state index contributed by atoms with van der Waals surface area (Å²) in [5.41, 5.74) is 3.93. The summed E-state index contributed by atoms with van der Waals surface area (Å²) in [5, 5.41) is 0. The Balaban J connectivity index is 1.65. The fourth-order valence-electron chi connectivity index (χ4n) is 5.08. The Labute approximate surface area is 186 Å². The molecule has 0 spiro atoms. The molecule has 2 aliphatic rings. The van der Waals surface area contributed by atoms with Crippen LogP contribution in [0.3, 0.4) is 0 Å². The summed E-state index contributed by atoms with van der Waals surface area (Å²) in [6, 6.07) is 0. The highest BCUT2D eigenvalue weighted by Gasteiger charge is 2.40. The van der Waals surface area contributed by atoms with Crippen LogP contribution < -0.4 is 0 Å². The molecule has 2 nitrogen and oxygen atoms in total. The minimum absolute atomic E-state index is 0.0699. The van der Waals surface area contributed by atoms with Crippen molar-refractivity contribution in [2.24, 2.45) is 17.8 Å². The molecular weight excluding hydrogens is 368 g/mol. The van der Waals surface area contributed by atoms with Crippen LogP contribution in [-0.4, -0.2) is 17.6 Å². The van der Waals surface area contributed by atoms with E-state index in [2.05, 4.69) is 46.8 Å². The molecule has 0 aromatic carbocycles. The van der Waals surface area contributed by atoms with Gasteiger partial charge in [0.1, 0.15) is 5.94 Å². The molecule has 170 valence electrons. The third-order valence-corrected chi connectivity index (χ3v) is 7.70. The molecule has 0 N–H and O–H groups in total. The molecule has 1 saturated heterocycles. The molecule has 1 fully saturated rings. The lowest BCUT2D eigenvalue weighted by Crippen LogP contribution is -2.45. The van der Waals surface area contributed by atoms with Gasteiger partial charge in [0.2, 0.25) is 0 Å². The van der Waals surface area contributed by atoms with Gasteiger partial charge in [-0.25, -0.2) is 4.79 Å². The molecule has 5 unspecified atom stereocenters. The van der Waals surface area contributed by atoms with Crippen molar-refractivity contribution in [1.82, 2.24) is 0 Å². The van der Waals surface area contributed by atoms with Gasteiger partial charge in [-0.15, -0.1) is 0 Å². The summed E-state index contributed by atoms with van der Waals surface area (Å²) in [6.07, 6.45) is 18.1. The van der Waals surface area contributed by atoms with E-state index in [-0.39, 0.29) is 5.60 Å². The molecule has 0 aromatic heterocycles. The van der Waals surface area contributed by atoms with Gasteiger partial charge in [-0.1, -0.05) is 57.8 Å². The van der Waals surface area contributed by atoms with E-state index in [1.54, 1.807) is 5.57 Å². The molecule has 2 rings (SSSR count). The predicted octanol–water partition coefficient (Wildman–Crippen LogP) is 8.01. The van der Waals surface area contributed by atoms with Crippen LogP contribution in [0.1, 0.15) is 112 Å². The monoisotopic (exact) mass is 414 g/mol. The van der Waals surface area contributed by atoms with Crippen LogP contribution in [0.2, 0.25) is 0 Å². The average molecular weight is 415 g/mol. The Morgan fingerprint density at radius 3 is 2.73 bits per heavy atom. The molecule has 0 aromatic rings.